The number of phenolic OH excluding ortho intramolecular Hbond substituents is 1. The second-order valence-corrected chi connectivity index (χ2v) is 6.16. The lowest BCUT2D eigenvalue weighted by atomic mass is 10.1. The predicted octanol–water partition coefficient (Wildman–Crippen LogP) is 4.59. The van der Waals surface area contributed by atoms with E-state index in [0.717, 1.165) is 16.6 Å². The van der Waals surface area contributed by atoms with Gasteiger partial charge >= 0.3 is 6.03 Å². The monoisotopic (exact) mass is 358 g/mol. The number of amides is 2. The number of rotatable bonds is 3. The van der Waals surface area contributed by atoms with E-state index in [1.807, 2.05) is 49.5 Å². The molecule has 6 heteroatoms. The smallest absolute Gasteiger partial charge is 0.324 e. The van der Waals surface area contributed by atoms with Gasteiger partial charge in [-0.3, -0.25) is 10.00 Å². The van der Waals surface area contributed by atoms with Crippen LogP contribution in [0.25, 0.3) is 22.0 Å². The maximum Gasteiger partial charge on any atom is 0.324 e. The maximum absolute atomic E-state index is 12.4. The summed E-state index contributed by atoms with van der Waals surface area (Å²) in [6.45, 7) is 0. The minimum absolute atomic E-state index is 0.175. The topological polar surface area (TPSA) is 79.2 Å². The zero-order valence-electron chi connectivity index (χ0n) is 14.7. The van der Waals surface area contributed by atoms with Crippen molar-refractivity contribution in [2.24, 2.45) is 7.05 Å². The number of carbonyl (C=O) groups is 1. The molecule has 0 aliphatic rings. The Bertz CT molecular complexity index is 1120. The van der Waals surface area contributed by atoms with Crippen LogP contribution in [-0.2, 0) is 7.05 Å². The number of benzene rings is 3. The van der Waals surface area contributed by atoms with Gasteiger partial charge in [0.2, 0.25) is 0 Å². The summed E-state index contributed by atoms with van der Waals surface area (Å²) in [7, 11) is 1.83. The van der Waals surface area contributed by atoms with Crippen molar-refractivity contribution in [3.63, 3.8) is 0 Å². The summed E-state index contributed by atoms with van der Waals surface area (Å²) < 4.78 is 1.72. The summed E-state index contributed by atoms with van der Waals surface area (Å²) in [4.78, 5) is 12.4. The van der Waals surface area contributed by atoms with E-state index >= 15 is 0 Å². The van der Waals surface area contributed by atoms with Crippen LogP contribution in [0.4, 0.5) is 16.3 Å². The molecule has 2 amide bonds. The Hall–Kier alpha value is -3.80. The number of hydrogen-bond acceptors (Lipinski definition) is 3. The van der Waals surface area contributed by atoms with Crippen LogP contribution in [0.3, 0.4) is 0 Å². The molecule has 3 aromatic carbocycles. The van der Waals surface area contributed by atoms with Gasteiger partial charge in [0.05, 0.1) is 11.4 Å². The number of carbonyl (C=O) groups excluding carboxylic acids is 1. The first kappa shape index (κ1) is 16.7. The van der Waals surface area contributed by atoms with Crippen molar-refractivity contribution >= 4 is 28.3 Å². The van der Waals surface area contributed by atoms with Gasteiger partial charge in [-0.15, -0.1) is 0 Å². The Morgan fingerprint density at radius 1 is 0.926 bits per heavy atom. The van der Waals surface area contributed by atoms with Gasteiger partial charge in [-0.25, -0.2) is 4.79 Å². The third kappa shape index (κ3) is 3.32. The van der Waals surface area contributed by atoms with Gasteiger partial charge in [0.15, 0.2) is 5.82 Å². The molecule has 0 saturated carbocycles. The number of hydrogen-bond donors (Lipinski definition) is 3. The van der Waals surface area contributed by atoms with Crippen molar-refractivity contribution in [1.29, 1.82) is 0 Å². The van der Waals surface area contributed by atoms with Crippen LogP contribution in [0.1, 0.15) is 0 Å². The van der Waals surface area contributed by atoms with Crippen LogP contribution in [0, 0.1) is 0 Å². The molecule has 27 heavy (non-hydrogen) atoms. The van der Waals surface area contributed by atoms with E-state index in [1.54, 1.807) is 35.0 Å². The Kier molecular flexibility index (Phi) is 4.22. The number of aromatic nitrogens is 2. The van der Waals surface area contributed by atoms with E-state index in [4.69, 9.17) is 0 Å². The van der Waals surface area contributed by atoms with Gasteiger partial charge in [-0.05, 0) is 17.7 Å². The van der Waals surface area contributed by atoms with Gasteiger partial charge in [-0.2, -0.15) is 5.10 Å². The number of nitrogens with zero attached hydrogens (tertiary/aromatic N) is 2. The fourth-order valence-corrected chi connectivity index (χ4v) is 3.08. The predicted molar refractivity (Wildman–Crippen MR) is 107 cm³/mol. The Balaban J connectivity index is 1.55. The van der Waals surface area contributed by atoms with Gasteiger partial charge in [0.1, 0.15) is 5.75 Å². The van der Waals surface area contributed by atoms with Crippen molar-refractivity contribution in [2.45, 2.75) is 0 Å². The lowest BCUT2D eigenvalue weighted by Crippen LogP contribution is -2.20. The fourth-order valence-electron chi connectivity index (χ4n) is 3.08. The molecule has 0 fully saturated rings. The van der Waals surface area contributed by atoms with Gasteiger partial charge in [-0.1, -0.05) is 54.6 Å². The number of aromatic hydroxyl groups is 1. The molecule has 1 heterocycles. The first-order valence-corrected chi connectivity index (χ1v) is 8.50. The first-order chi connectivity index (χ1) is 13.1. The van der Waals surface area contributed by atoms with Crippen molar-refractivity contribution in [3.05, 3.63) is 72.8 Å². The molecular weight excluding hydrogens is 340 g/mol. The minimum atomic E-state index is -0.399. The van der Waals surface area contributed by atoms with E-state index in [9.17, 15) is 9.90 Å². The van der Waals surface area contributed by atoms with Crippen molar-refractivity contribution in [1.82, 2.24) is 9.78 Å². The molecule has 0 spiro atoms. The summed E-state index contributed by atoms with van der Waals surface area (Å²) >= 11 is 0. The molecule has 4 aromatic rings. The summed E-state index contributed by atoms with van der Waals surface area (Å²) in [6.07, 6.45) is 0. The van der Waals surface area contributed by atoms with Crippen LogP contribution in [0.5, 0.6) is 5.75 Å². The molecule has 0 unspecified atom stereocenters. The van der Waals surface area contributed by atoms with Crippen LogP contribution in [-0.4, -0.2) is 20.9 Å². The average molecular weight is 358 g/mol. The Labute approximate surface area is 156 Å². The molecule has 0 radical (unpaired) electrons. The third-order valence-corrected chi connectivity index (χ3v) is 4.34. The molecule has 0 aliphatic carbocycles. The van der Waals surface area contributed by atoms with Gasteiger partial charge < -0.3 is 10.4 Å². The summed E-state index contributed by atoms with van der Waals surface area (Å²) in [5.74, 6) is 0.630. The highest BCUT2D eigenvalue weighted by Gasteiger charge is 2.11. The molecule has 0 atom stereocenters. The molecular formula is C21H18N4O2. The van der Waals surface area contributed by atoms with E-state index in [-0.39, 0.29) is 5.75 Å². The molecule has 0 aliphatic heterocycles. The number of phenols is 1. The number of urea groups is 1. The number of fused-ring (bicyclic) bond motifs is 1. The highest BCUT2D eigenvalue weighted by Crippen LogP contribution is 2.30. The highest BCUT2D eigenvalue weighted by atomic mass is 16.3. The van der Waals surface area contributed by atoms with Crippen molar-refractivity contribution < 1.29 is 9.90 Å². The third-order valence-electron chi connectivity index (χ3n) is 4.34. The first-order valence-electron chi connectivity index (χ1n) is 8.50. The Morgan fingerprint density at radius 2 is 1.67 bits per heavy atom. The van der Waals surface area contributed by atoms with Crippen LogP contribution in [0.2, 0.25) is 0 Å². The van der Waals surface area contributed by atoms with Gasteiger partial charge in [0.25, 0.3) is 0 Å². The zero-order chi connectivity index (χ0) is 18.8. The molecule has 134 valence electrons. The lowest BCUT2D eigenvalue weighted by Gasteiger charge is -2.09. The summed E-state index contributed by atoms with van der Waals surface area (Å²) in [5.41, 5.74) is 2.53. The average Bonchev–Trinajstić information content (AvgIpc) is 3.03. The van der Waals surface area contributed by atoms with Crippen LogP contribution in [0.15, 0.2) is 72.8 Å². The van der Waals surface area contributed by atoms with E-state index in [0.29, 0.717) is 16.9 Å². The molecule has 1 aromatic heterocycles. The second kappa shape index (κ2) is 6.84. The molecule has 4 rings (SSSR count). The standard InChI is InChI=1S/C21H18N4O2/c1-25-18(14-7-3-2-4-8-14)13-20(24-25)23-21(27)22-17-11-5-10-16-15(17)9-6-12-19(16)26/h2-13,26H,1H3,(H2,22,23,24,27). The molecule has 0 bridgehead atoms. The van der Waals surface area contributed by atoms with Crippen molar-refractivity contribution in [3.8, 4) is 17.0 Å². The molecule has 3 N–H and O–H groups in total. The second-order valence-electron chi connectivity index (χ2n) is 6.16. The number of aryl methyl sites for hydroxylation is 1. The summed E-state index contributed by atoms with van der Waals surface area (Å²) in [6, 6.07) is 21.8. The highest BCUT2D eigenvalue weighted by molar-refractivity contribution is 6.07. The van der Waals surface area contributed by atoms with Crippen LogP contribution >= 0.6 is 0 Å². The largest absolute Gasteiger partial charge is 0.507 e. The summed E-state index contributed by atoms with van der Waals surface area (Å²) in [5, 5.41) is 21.3. The number of anilines is 2. The van der Waals surface area contributed by atoms with E-state index in [1.165, 1.54) is 0 Å². The minimum Gasteiger partial charge on any atom is -0.507 e. The molecule has 6 nitrogen and oxygen atoms in total. The quantitative estimate of drug-likeness (QED) is 0.501. The Morgan fingerprint density at radius 3 is 2.48 bits per heavy atom. The van der Waals surface area contributed by atoms with Crippen molar-refractivity contribution in [2.75, 3.05) is 10.6 Å². The van der Waals surface area contributed by atoms with E-state index in [2.05, 4.69) is 15.7 Å². The van der Waals surface area contributed by atoms with Gasteiger partial charge in [0, 0.05) is 23.9 Å². The number of nitrogens with one attached hydrogen (secondary N) is 2. The SMILES string of the molecule is Cn1nc(NC(=O)Nc2cccc3c(O)cccc23)cc1-c1ccccc1. The zero-order valence-corrected chi connectivity index (χ0v) is 14.7. The normalized spacial score (nSPS) is 10.7. The van der Waals surface area contributed by atoms with Crippen LogP contribution < -0.4 is 10.6 Å². The lowest BCUT2D eigenvalue weighted by molar-refractivity contribution is 0.262. The maximum atomic E-state index is 12.4. The van der Waals surface area contributed by atoms with E-state index < -0.39 is 6.03 Å². The molecule has 0 saturated heterocycles. The fraction of sp³-hybridized carbons (Fsp3) is 0.0476.